The Hall–Kier alpha value is -1.79. The highest BCUT2D eigenvalue weighted by molar-refractivity contribution is 7.99. The molecule has 104 valence electrons. The minimum atomic E-state index is -0.517. The molecule has 0 aliphatic heterocycles. The first-order valence-corrected chi connectivity index (χ1v) is 7.02. The average molecular weight is 311 g/mol. The summed E-state index contributed by atoms with van der Waals surface area (Å²) in [6.45, 7) is 0. The molecule has 0 bridgehead atoms. The molecule has 1 aromatic heterocycles. The van der Waals surface area contributed by atoms with Crippen LogP contribution in [0, 0.1) is 0 Å². The third-order valence-electron chi connectivity index (χ3n) is 2.46. The summed E-state index contributed by atoms with van der Waals surface area (Å²) in [4.78, 5) is 30.0. The van der Waals surface area contributed by atoms with Gasteiger partial charge in [0.15, 0.2) is 16.6 Å². The number of ketones is 1. The molecule has 7 heteroatoms. The van der Waals surface area contributed by atoms with E-state index in [-0.39, 0.29) is 17.2 Å². The molecular formula is C13H11ClN2O3S. The van der Waals surface area contributed by atoms with E-state index in [2.05, 4.69) is 14.7 Å². The minimum absolute atomic E-state index is 0.0392. The Morgan fingerprint density at radius 1 is 1.35 bits per heavy atom. The third kappa shape index (κ3) is 3.61. The number of methoxy groups -OCH3 is 1. The zero-order chi connectivity index (χ0) is 14.5. The van der Waals surface area contributed by atoms with Crippen LogP contribution in [0.5, 0.6) is 0 Å². The topological polar surface area (TPSA) is 72.1 Å². The van der Waals surface area contributed by atoms with E-state index < -0.39 is 5.97 Å². The van der Waals surface area contributed by atoms with Crippen LogP contribution in [-0.2, 0) is 4.74 Å². The summed E-state index contributed by atoms with van der Waals surface area (Å²) >= 11 is 6.98. The number of halogens is 1. The molecule has 0 atom stereocenters. The second-order valence-corrected chi connectivity index (χ2v) is 5.20. The molecule has 0 aliphatic carbocycles. The largest absolute Gasteiger partial charge is 0.464 e. The number of nitrogens with zero attached hydrogens (tertiary/aromatic N) is 1. The second kappa shape index (κ2) is 6.58. The van der Waals surface area contributed by atoms with E-state index in [1.807, 2.05) is 0 Å². The molecule has 0 saturated carbocycles. The lowest BCUT2D eigenvalue weighted by molar-refractivity contribution is 0.0594. The number of thioether (sulfide) groups is 1. The normalized spacial score (nSPS) is 10.3. The number of carbonyl (C=O) groups is 2. The van der Waals surface area contributed by atoms with Crippen LogP contribution in [0.2, 0.25) is 5.02 Å². The van der Waals surface area contributed by atoms with Crippen molar-refractivity contribution >= 4 is 35.1 Å². The maximum atomic E-state index is 11.9. The van der Waals surface area contributed by atoms with Gasteiger partial charge in [-0.25, -0.2) is 9.78 Å². The summed E-state index contributed by atoms with van der Waals surface area (Å²) < 4.78 is 4.55. The van der Waals surface area contributed by atoms with Gasteiger partial charge in [-0.05, 0) is 24.3 Å². The number of hydrogen-bond donors (Lipinski definition) is 1. The first-order valence-electron chi connectivity index (χ1n) is 5.65. The molecule has 0 radical (unpaired) electrons. The highest BCUT2D eigenvalue weighted by atomic mass is 35.5. The molecule has 1 N–H and O–H groups in total. The lowest BCUT2D eigenvalue weighted by Gasteiger charge is -1.99. The number of aromatic nitrogens is 2. The van der Waals surface area contributed by atoms with Crippen LogP contribution in [0.25, 0.3) is 0 Å². The lowest BCUT2D eigenvalue weighted by Crippen LogP contribution is -2.03. The summed E-state index contributed by atoms with van der Waals surface area (Å²) in [5, 5.41) is 1.08. The fraction of sp³-hybridized carbons (Fsp3) is 0.154. The number of H-pyrrole nitrogens is 1. The zero-order valence-electron chi connectivity index (χ0n) is 10.6. The van der Waals surface area contributed by atoms with Crippen molar-refractivity contribution in [3.63, 3.8) is 0 Å². The Morgan fingerprint density at radius 3 is 2.70 bits per heavy atom. The summed E-state index contributed by atoms with van der Waals surface area (Å²) in [6, 6.07) is 6.68. The van der Waals surface area contributed by atoms with E-state index in [1.165, 1.54) is 25.1 Å². The van der Waals surface area contributed by atoms with E-state index in [1.54, 1.807) is 24.3 Å². The summed E-state index contributed by atoms with van der Waals surface area (Å²) in [5.74, 6) is -0.338. The van der Waals surface area contributed by atoms with Crippen LogP contribution in [0.15, 0.2) is 35.6 Å². The van der Waals surface area contributed by atoms with Gasteiger partial charge in [-0.15, -0.1) is 0 Å². The lowest BCUT2D eigenvalue weighted by atomic mass is 10.1. The molecule has 0 amide bonds. The summed E-state index contributed by atoms with van der Waals surface area (Å²) in [5.41, 5.74) is 0.774. The van der Waals surface area contributed by atoms with Gasteiger partial charge in [-0.1, -0.05) is 23.4 Å². The Morgan fingerprint density at radius 2 is 2.05 bits per heavy atom. The van der Waals surface area contributed by atoms with Crippen LogP contribution in [0.1, 0.15) is 20.8 Å². The maximum absolute atomic E-state index is 11.9. The number of esters is 1. The van der Waals surface area contributed by atoms with Gasteiger partial charge >= 0.3 is 5.97 Å². The summed E-state index contributed by atoms with van der Waals surface area (Å²) in [6.07, 6.45) is 1.45. The molecule has 2 rings (SSSR count). The average Bonchev–Trinajstić information content (AvgIpc) is 2.93. The molecule has 20 heavy (non-hydrogen) atoms. The Kier molecular flexibility index (Phi) is 4.81. The molecule has 1 aromatic carbocycles. The van der Waals surface area contributed by atoms with Gasteiger partial charge in [-0.2, -0.15) is 0 Å². The van der Waals surface area contributed by atoms with Crippen molar-refractivity contribution in [3.05, 3.63) is 46.7 Å². The fourth-order valence-electron chi connectivity index (χ4n) is 1.44. The number of aromatic amines is 1. The van der Waals surface area contributed by atoms with Crippen LogP contribution < -0.4 is 0 Å². The fourth-order valence-corrected chi connectivity index (χ4v) is 2.31. The zero-order valence-corrected chi connectivity index (χ0v) is 12.1. The number of benzene rings is 1. The van der Waals surface area contributed by atoms with Crippen molar-refractivity contribution < 1.29 is 14.3 Å². The molecular weight excluding hydrogens is 300 g/mol. The van der Waals surface area contributed by atoms with Gasteiger partial charge in [-0.3, -0.25) is 4.79 Å². The van der Waals surface area contributed by atoms with Crippen molar-refractivity contribution in [2.24, 2.45) is 0 Å². The maximum Gasteiger partial charge on any atom is 0.358 e. The van der Waals surface area contributed by atoms with Crippen molar-refractivity contribution in [2.45, 2.75) is 5.16 Å². The highest BCUT2D eigenvalue weighted by Gasteiger charge is 2.12. The van der Waals surface area contributed by atoms with E-state index in [9.17, 15) is 9.59 Å². The summed E-state index contributed by atoms with van der Waals surface area (Å²) in [7, 11) is 1.29. The van der Waals surface area contributed by atoms with Gasteiger partial charge in [0.1, 0.15) is 0 Å². The van der Waals surface area contributed by atoms with Crippen molar-refractivity contribution in [1.29, 1.82) is 0 Å². The first kappa shape index (κ1) is 14.6. The number of Topliss-reactive ketones (excluding diaryl/α,β-unsaturated/α-hetero) is 1. The highest BCUT2D eigenvalue weighted by Crippen LogP contribution is 2.17. The predicted molar refractivity (Wildman–Crippen MR) is 76.4 cm³/mol. The molecule has 0 spiro atoms. The van der Waals surface area contributed by atoms with Gasteiger partial charge in [0.2, 0.25) is 0 Å². The van der Waals surface area contributed by atoms with E-state index in [0.717, 1.165) is 0 Å². The number of carbonyl (C=O) groups excluding carboxylic acids is 2. The van der Waals surface area contributed by atoms with E-state index >= 15 is 0 Å². The molecule has 2 aromatic rings. The number of ether oxygens (including phenoxy) is 1. The molecule has 1 heterocycles. The van der Waals surface area contributed by atoms with Gasteiger partial charge < -0.3 is 9.72 Å². The molecule has 0 saturated heterocycles. The smallest absolute Gasteiger partial charge is 0.358 e. The number of hydrogen-bond acceptors (Lipinski definition) is 5. The minimum Gasteiger partial charge on any atom is -0.464 e. The Labute approximate surface area is 124 Å². The molecule has 5 nitrogen and oxygen atoms in total. The third-order valence-corrected chi connectivity index (χ3v) is 3.60. The van der Waals surface area contributed by atoms with Crippen molar-refractivity contribution in [1.82, 2.24) is 9.97 Å². The van der Waals surface area contributed by atoms with Crippen LogP contribution in [-0.4, -0.2) is 34.6 Å². The quantitative estimate of drug-likeness (QED) is 0.522. The number of imidazole rings is 1. The van der Waals surface area contributed by atoms with E-state index in [0.29, 0.717) is 15.7 Å². The van der Waals surface area contributed by atoms with Crippen LogP contribution in [0.3, 0.4) is 0 Å². The van der Waals surface area contributed by atoms with Crippen LogP contribution >= 0.6 is 23.4 Å². The van der Waals surface area contributed by atoms with E-state index in [4.69, 9.17) is 11.6 Å². The van der Waals surface area contributed by atoms with Gasteiger partial charge in [0, 0.05) is 16.8 Å². The Bertz CT molecular complexity index is 625. The number of nitrogens with one attached hydrogen (secondary N) is 1. The van der Waals surface area contributed by atoms with Crippen LogP contribution in [0.4, 0.5) is 0 Å². The molecule has 0 unspecified atom stereocenters. The predicted octanol–water partition coefficient (Wildman–Crippen LogP) is 2.82. The second-order valence-electron chi connectivity index (χ2n) is 3.80. The molecule has 0 fully saturated rings. The van der Waals surface area contributed by atoms with Crippen molar-refractivity contribution in [2.75, 3.05) is 12.9 Å². The SMILES string of the molecule is COC(=O)c1c[nH]c(SCC(=O)c2ccc(Cl)cc2)n1. The number of rotatable bonds is 5. The first-order chi connectivity index (χ1) is 9.60. The Balaban J connectivity index is 1.95. The van der Waals surface area contributed by atoms with Gasteiger partial charge in [0.05, 0.1) is 12.9 Å². The van der Waals surface area contributed by atoms with Crippen molar-refractivity contribution in [3.8, 4) is 0 Å². The van der Waals surface area contributed by atoms with Gasteiger partial charge in [0.25, 0.3) is 0 Å². The standard InChI is InChI=1S/C13H11ClN2O3S/c1-19-12(18)10-6-15-13(16-10)20-7-11(17)8-2-4-9(14)5-3-8/h2-6H,7H2,1H3,(H,15,16). The monoisotopic (exact) mass is 310 g/mol. The molecule has 0 aliphatic rings.